The number of carbonyl (C=O) groups is 2. The first kappa shape index (κ1) is 32.9. The molecule has 1 unspecified atom stereocenters. The summed E-state index contributed by atoms with van der Waals surface area (Å²) >= 11 is 0. The smallest absolute Gasteiger partial charge is 0.335 e. The Morgan fingerprint density at radius 2 is 1.37 bits per heavy atom. The summed E-state index contributed by atoms with van der Waals surface area (Å²) in [5.74, 6) is -2.39. The van der Waals surface area contributed by atoms with E-state index in [1.807, 2.05) is 0 Å². The largest absolute Gasteiger partial charge is 0.872 e. The van der Waals surface area contributed by atoms with Crippen molar-refractivity contribution in [3.63, 3.8) is 0 Å². The van der Waals surface area contributed by atoms with Crippen molar-refractivity contribution in [1.82, 2.24) is 0 Å². The molecule has 1 rings (SSSR count). The maximum Gasteiger partial charge on any atom is 0.335 e. The number of hydrogen-bond donors (Lipinski definition) is 4. The molecule has 0 aliphatic heterocycles. The number of aryl methyl sites for hydroxylation is 1. The van der Waals surface area contributed by atoms with E-state index in [9.17, 15) is 14.7 Å². The Kier molecular flexibility index (Phi) is 21.0. The highest BCUT2D eigenvalue weighted by molar-refractivity contribution is 5.92. The lowest BCUT2D eigenvalue weighted by atomic mass is 9.99. The minimum Gasteiger partial charge on any atom is -0.872 e. The van der Waals surface area contributed by atoms with Gasteiger partial charge in [-0.05, 0) is 37.7 Å². The Morgan fingerprint density at radius 1 is 0.857 bits per heavy atom. The number of rotatable bonds is 20. The molecule has 0 saturated heterocycles. The number of hydrogen-bond acceptors (Lipinski definition) is 4. The van der Waals surface area contributed by atoms with Crippen molar-refractivity contribution in [1.29, 1.82) is 0 Å². The maximum atomic E-state index is 11.6. The van der Waals surface area contributed by atoms with Crippen LogP contribution in [0.2, 0.25) is 0 Å². The van der Waals surface area contributed by atoms with Gasteiger partial charge >= 0.3 is 11.9 Å². The first-order valence-corrected chi connectivity index (χ1v) is 13.6. The Morgan fingerprint density at radius 3 is 1.83 bits per heavy atom. The van der Waals surface area contributed by atoms with E-state index in [1.54, 1.807) is 12.1 Å². The fourth-order valence-electron chi connectivity index (χ4n) is 4.03. The highest BCUT2D eigenvalue weighted by atomic mass is 16.4. The van der Waals surface area contributed by atoms with Crippen molar-refractivity contribution >= 4 is 11.9 Å². The summed E-state index contributed by atoms with van der Waals surface area (Å²) in [6.45, 7) is 3.11. The Labute approximate surface area is 212 Å². The number of aromatic carboxylic acids is 1. The first-order chi connectivity index (χ1) is 16.8. The normalized spacial score (nSPS) is 11.5. The van der Waals surface area contributed by atoms with E-state index in [1.165, 1.54) is 76.7 Å². The lowest BCUT2D eigenvalue weighted by molar-refractivity contribution is -0.368. The molecule has 0 saturated carbocycles. The van der Waals surface area contributed by atoms with Crippen LogP contribution in [0, 0.1) is 0 Å². The molecule has 7 N–H and O–H groups in total. The van der Waals surface area contributed by atoms with Gasteiger partial charge in [0, 0.05) is 0 Å². The molecule has 0 aliphatic carbocycles. The molecule has 1 aromatic carbocycles. The highest BCUT2D eigenvalue weighted by Crippen LogP contribution is 2.21. The molecule has 1 aromatic rings. The molecular formula is C28H50N2O5. The second kappa shape index (κ2) is 22.4. The zero-order valence-corrected chi connectivity index (χ0v) is 21.9. The zero-order chi connectivity index (χ0) is 26.3. The third kappa shape index (κ3) is 17.9. The van der Waals surface area contributed by atoms with Crippen LogP contribution in [0.15, 0.2) is 18.2 Å². The van der Waals surface area contributed by atoms with Gasteiger partial charge in [-0.25, -0.2) is 4.79 Å². The second-order valence-electron chi connectivity index (χ2n) is 9.38. The molecule has 0 spiro atoms. The number of quaternary nitrogens is 1. The standard InChI is InChI=1S/C22H36O3.C6H14N2O2/c1-2-3-4-5-6-7-8-9-10-11-12-13-14-16-19-17-15-18-20(23)21(19)22(24)25;7-4-2-1-3-5(8)6(9)10/h15,17-18,23H,2-14,16H2,1H3,(H,24,25);5H,1-4,7-8H2,(H,9,10). The number of benzene rings is 1. The SMILES string of the molecule is CCCCCCCCCCCCCCCc1cccc([O-])c1C(=O)O.NC(CCCC[NH3+])C(=O)O. The van der Waals surface area contributed by atoms with Crippen LogP contribution in [0.5, 0.6) is 5.75 Å². The fraction of sp³-hybridized carbons (Fsp3) is 0.714. The molecule has 0 aliphatic rings. The maximum absolute atomic E-state index is 11.6. The molecule has 7 heteroatoms. The van der Waals surface area contributed by atoms with E-state index in [0.29, 0.717) is 18.4 Å². The highest BCUT2D eigenvalue weighted by Gasteiger charge is 2.10. The van der Waals surface area contributed by atoms with Gasteiger partial charge in [0.1, 0.15) is 6.04 Å². The van der Waals surface area contributed by atoms with Gasteiger partial charge in [0.25, 0.3) is 0 Å². The van der Waals surface area contributed by atoms with Crippen molar-refractivity contribution in [3.05, 3.63) is 29.3 Å². The van der Waals surface area contributed by atoms with Crippen LogP contribution in [0.3, 0.4) is 0 Å². The molecule has 1 atom stereocenters. The van der Waals surface area contributed by atoms with Crippen LogP contribution in [0.4, 0.5) is 0 Å². The van der Waals surface area contributed by atoms with Gasteiger partial charge < -0.3 is 26.8 Å². The van der Waals surface area contributed by atoms with E-state index >= 15 is 0 Å². The Bertz CT molecular complexity index is 681. The van der Waals surface area contributed by atoms with Gasteiger partial charge in [0.2, 0.25) is 0 Å². The van der Waals surface area contributed by atoms with Crippen LogP contribution < -0.4 is 16.6 Å². The summed E-state index contributed by atoms with van der Waals surface area (Å²) in [4.78, 5) is 21.3. The van der Waals surface area contributed by atoms with Crippen LogP contribution in [-0.2, 0) is 11.2 Å². The van der Waals surface area contributed by atoms with E-state index in [2.05, 4.69) is 12.7 Å². The summed E-state index contributed by atoms with van der Waals surface area (Å²) in [6, 6.07) is 4.07. The molecule has 35 heavy (non-hydrogen) atoms. The average Bonchev–Trinajstić information content (AvgIpc) is 2.82. The quantitative estimate of drug-likeness (QED) is 0.189. The second-order valence-corrected chi connectivity index (χ2v) is 9.38. The molecule has 0 bridgehead atoms. The summed E-state index contributed by atoms with van der Waals surface area (Å²) in [5.41, 5.74) is 9.52. The van der Waals surface area contributed by atoms with Gasteiger partial charge in [-0.2, -0.15) is 0 Å². The van der Waals surface area contributed by atoms with Crippen LogP contribution in [-0.4, -0.2) is 34.7 Å². The topological polar surface area (TPSA) is 151 Å². The van der Waals surface area contributed by atoms with E-state index in [0.717, 1.165) is 32.2 Å². The molecule has 0 aromatic heterocycles. The molecule has 0 radical (unpaired) electrons. The third-order valence-corrected chi connectivity index (χ3v) is 6.21. The van der Waals surface area contributed by atoms with Crippen LogP contribution in [0.25, 0.3) is 0 Å². The summed E-state index contributed by atoms with van der Waals surface area (Å²) < 4.78 is 0. The van der Waals surface area contributed by atoms with Gasteiger partial charge in [-0.1, -0.05) is 108 Å². The number of nitrogens with two attached hydrogens (primary N) is 1. The number of carboxylic acid groups (broad SMARTS) is 2. The molecule has 7 nitrogen and oxygen atoms in total. The minimum absolute atomic E-state index is 0.0403. The van der Waals surface area contributed by atoms with Gasteiger partial charge in [-0.15, -0.1) is 0 Å². The van der Waals surface area contributed by atoms with E-state index in [4.69, 9.17) is 15.9 Å². The molecule has 0 heterocycles. The third-order valence-electron chi connectivity index (χ3n) is 6.21. The lowest BCUT2D eigenvalue weighted by Gasteiger charge is -2.14. The fourth-order valence-corrected chi connectivity index (χ4v) is 4.03. The number of unbranched alkanes of at least 4 members (excludes halogenated alkanes) is 13. The van der Waals surface area contributed by atoms with Crippen LogP contribution in [0.1, 0.15) is 126 Å². The zero-order valence-electron chi connectivity index (χ0n) is 21.9. The van der Waals surface area contributed by atoms with Crippen LogP contribution >= 0.6 is 0 Å². The number of carboxylic acids is 2. The van der Waals surface area contributed by atoms with Crippen molar-refractivity contribution < 1.29 is 30.6 Å². The predicted octanol–water partition coefficient (Wildman–Crippen LogP) is 4.90. The van der Waals surface area contributed by atoms with E-state index in [-0.39, 0.29) is 11.3 Å². The summed E-state index contributed by atoms with van der Waals surface area (Å²) in [5, 5.41) is 29.1. The Balaban J connectivity index is 0.000000972. The number of aliphatic carboxylic acids is 1. The van der Waals surface area contributed by atoms with Crippen molar-refractivity contribution in [3.8, 4) is 5.75 Å². The molecule has 202 valence electrons. The van der Waals surface area contributed by atoms with E-state index < -0.39 is 18.0 Å². The van der Waals surface area contributed by atoms with Crippen molar-refractivity contribution in [2.45, 2.75) is 122 Å². The van der Waals surface area contributed by atoms with Gasteiger partial charge in [-0.3, -0.25) is 4.79 Å². The summed E-state index contributed by atoms with van der Waals surface area (Å²) in [6.07, 6.45) is 19.9. The average molecular weight is 495 g/mol. The van der Waals surface area contributed by atoms with Gasteiger partial charge in [0.15, 0.2) is 0 Å². The summed E-state index contributed by atoms with van der Waals surface area (Å²) in [7, 11) is 0. The molecular weight excluding hydrogens is 444 g/mol. The monoisotopic (exact) mass is 494 g/mol. The van der Waals surface area contributed by atoms with Gasteiger partial charge in [0.05, 0.1) is 12.1 Å². The minimum atomic E-state index is -1.10. The first-order valence-electron chi connectivity index (χ1n) is 13.6. The van der Waals surface area contributed by atoms with Crippen molar-refractivity contribution in [2.24, 2.45) is 5.73 Å². The Hall–Kier alpha value is -2.12. The lowest BCUT2D eigenvalue weighted by Crippen LogP contribution is -2.50. The molecule has 0 fully saturated rings. The molecule has 0 amide bonds. The van der Waals surface area contributed by atoms with Crippen molar-refractivity contribution in [2.75, 3.05) is 6.54 Å². The predicted molar refractivity (Wildman–Crippen MR) is 139 cm³/mol.